The minimum Gasteiger partial charge on any atom is -0.488 e. The second-order valence-corrected chi connectivity index (χ2v) is 7.81. The molecule has 0 saturated heterocycles. The van der Waals surface area contributed by atoms with Crippen LogP contribution in [0.25, 0.3) is 0 Å². The van der Waals surface area contributed by atoms with Crippen LogP contribution in [-0.4, -0.2) is 26.0 Å². The van der Waals surface area contributed by atoms with Gasteiger partial charge in [0.15, 0.2) is 0 Å². The number of nitro groups is 1. The van der Waals surface area contributed by atoms with Crippen molar-refractivity contribution in [3.05, 3.63) is 52.1 Å². The summed E-state index contributed by atoms with van der Waals surface area (Å²) in [5.41, 5.74) is 1.04. The first-order valence-corrected chi connectivity index (χ1v) is 8.74. The maximum atomic E-state index is 12.1. The van der Waals surface area contributed by atoms with E-state index in [0.717, 1.165) is 11.3 Å². The Labute approximate surface area is 130 Å². The van der Waals surface area contributed by atoms with Crippen molar-refractivity contribution in [3.8, 4) is 5.75 Å². The average Bonchev–Trinajstić information content (AvgIpc) is 3.12. The zero-order chi connectivity index (χ0) is 15.7. The molecule has 2 heterocycles. The lowest BCUT2D eigenvalue weighted by Gasteiger charge is -2.11. The van der Waals surface area contributed by atoms with Crippen LogP contribution in [0.1, 0.15) is 5.56 Å². The van der Waals surface area contributed by atoms with Gasteiger partial charge in [-0.25, -0.2) is 13.1 Å². The SMILES string of the molecule is O=[N+]([O-])c1ccc(S(=O)(=O)NC[C@@H]2Cc3ccccc3O2)s1. The first-order chi connectivity index (χ1) is 10.5. The van der Waals surface area contributed by atoms with Gasteiger partial charge >= 0.3 is 5.00 Å². The van der Waals surface area contributed by atoms with Crippen LogP contribution >= 0.6 is 11.3 Å². The van der Waals surface area contributed by atoms with Gasteiger partial charge in [0.1, 0.15) is 16.1 Å². The third-order valence-corrected chi connectivity index (χ3v) is 6.18. The molecule has 2 aromatic rings. The molecule has 0 bridgehead atoms. The molecule has 1 aromatic heterocycles. The minimum absolute atomic E-state index is 0.0743. The summed E-state index contributed by atoms with van der Waals surface area (Å²) < 4.78 is 32.3. The van der Waals surface area contributed by atoms with Crippen LogP contribution < -0.4 is 9.46 Å². The number of fused-ring (bicyclic) bond motifs is 1. The second kappa shape index (κ2) is 5.67. The number of rotatable bonds is 5. The maximum Gasteiger partial charge on any atom is 0.325 e. The van der Waals surface area contributed by atoms with E-state index < -0.39 is 14.9 Å². The highest BCUT2D eigenvalue weighted by molar-refractivity contribution is 7.91. The van der Waals surface area contributed by atoms with Crippen molar-refractivity contribution in [1.29, 1.82) is 0 Å². The van der Waals surface area contributed by atoms with Crippen molar-refractivity contribution in [2.45, 2.75) is 16.7 Å². The molecule has 3 rings (SSSR count). The quantitative estimate of drug-likeness (QED) is 0.662. The van der Waals surface area contributed by atoms with Gasteiger partial charge in [-0.1, -0.05) is 18.2 Å². The number of nitrogens with one attached hydrogen (secondary N) is 1. The van der Waals surface area contributed by atoms with Crippen LogP contribution in [0, 0.1) is 10.1 Å². The van der Waals surface area contributed by atoms with E-state index in [4.69, 9.17) is 4.74 Å². The Balaban J connectivity index is 1.65. The number of benzene rings is 1. The third kappa shape index (κ3) is 2.96. The lowest BCUT2D eigenvalue weighted by atomic mass is 10.1. The molecule has 1 aliphatic rings. The molecule has 1 N–H and O–H groups in total. The summed E-state index contributed by atoms with van der Waals surface area (Å²) in [7, 11) is -3.76. The lowest BCUT2D eigenvalue weighted by Crippen LogP contribution is -2.34. The molecule has 0 saturated carbocycles. The summed E-state index contributed by atoms with van der Waals surface area (Å²) in [5, 5.41) is 10.4. The summed E-state index contributed by atoms with van der Waals surface area (Å²) in [4.78, 5) is 10.0. The third-order valence-electron chi connectivity index (χ3n) is 3.23. The molecule has 1 aliphatic heterocycles. The maximum absolute atomic E-state index is 12.1. The van der Waals surface area contributed by atoms with Crippen LogP contribution in [0.2, 0.25) is 0 Å². The predicted molar refractivity (Wildman–Crippen MR) is 80.7 cm³/mol. The Hall–Kier alpha value is -1.97. The van der Waals surface area contributed by atoms with Crippen LogP contribution in [0.15, 0.2) is 40.6 Å². The highest BCUT2D eigenvalue weighted by Gasteiger charge is 2.26. The number of thiophene rings is 1. The largest absolute Gasteiger partial charge is 0.488 e. The average molecular weight is 340 g/mol. The molecule has 0 fully saturated rings. The van der Waals surface area contributed by atoms with E-state index >= 15 is 0 Å². The Kier molecular flexibility index (Phi) is 3.85. The molecule has 9 heteroatoms. The summed E-state index contributed by atoms with van der Waals surface area (Å²) in [6, 6.07) is 9.95. The van der Waals surface area contributed by atoms with Gasteiger partial charge in [-0.05, 0) is 29.0 Å². The van der Waals surface area contributed by atoms with Crippen LogP contribution in [0.4, 0.5) is 5.00 Å². The Morgan fingerprint density at radius 3 is 2.77 bits per heavy atom. The molecule has 0 radical (unpaired) electrons. The fourth-order valence-corrected chi connectivity index (χ4v) is 4.41. The molecule has 0 unspecified atom stereocenters. The summed E-state index contributed by atoms with van der Waals surface area (Å²) >= 11 is 0.627. The lowest BCUT2D eigenvalue weighted by molar-refractivity contribution is -0.380. The number of hydrogen-bond donors (Lipinski definition) is 1. The van der Waals surface area contributed by atoms with Gasteiger partial charge in [0.25, 0.3) is 0 Å². The van der Waals surface area contributed by atoms with Gasteiger partial charge in [0.2, 0.25) is 10.0 Å². The molecular formula is C13H12N2O5S2. The van der Waals surface area contributed by atoms with Gasteiger partial charge in [-0.2, -0.15) is 0 Å². The molecule has 0 aliphatic carbocycles. The molecule has 1 aromatic carbocycles. The zero-order valence-electron chi connectivity index (χ0n) is 11.3. The second-order valence-electron chi connectivity index (χ2n) is 4.75. The van der Waals surface area contributed by atoms with E-state index in [1.165, 1.54) is 12.1 Å². The van der Waals surface area contributed by atoms with Crippen molar-refractivity contribution in [3.63, 3.8) is 0 Å². The van der Waals surface area contributed by atoms with Crippen molar-refractivity contribution in [1.82, 2.24) is 4.72 Å². The first kappa shape index (κ1) is 14.9. The van der Waals surface area contributed by atoms with E-state index in [2.05, 4.69) is 4.72 Å². The van der Waals surface area contributed by atoms with Gasteiger partial charge in [0.05, 0.1) is 4.92 Å². The molecule has 22 heavy (non-hydrogen) atoms. The first-order valence-electron chi connectivity index (χ1n) is 6.44. The Bertz CT molecular complexity index is 790. The molecular weight excluding hydrogens is 328 g/mol. The van der Waals surface area contributed by atoms with Crippen LogP contribution in [-0.2, 0) is 16.4 Å². The van der Waals surface area contributed by atoms with Crippen LogP contribution in [0.5, 0.6) is 5.75 Å². The van der Waals surface area contributed by atoms with Crippen LogP contribution in [0.3, 0.4) is 0 Å². The van der Waals surface area contributed by atoms with Gasteiger partial charge < -0.3 is 4.74 Å². The molecule has 1 atom stereocenters. The molecule has 7 nitrogen and oxygen atoms in total. The standard InChI is InChI=1S/C13H12N2O5S2/c16-15(17)12-5-6-13(21-12)22(18,19)14-8-10-7-9-3-1-2-4-11(9)20-10/h1-6,10,14H,7-8H2/t10-/m0/s1. The Morgan fingerprint density at radius 2 is 2.09 bits per heavy atom. The highest BCUT2D eigenvalue weighted by Crippen LogP contribution is 2.29. The predicted octanol–water partition coefficient (Wildman–Crippen LogP) is 1.94. The van der Waals surface area contributed by atoms with Gasteiger partial charge in [-0.3, -0.25) is 10.1 Å². The summed E-state index contributed by atoms with van der Waals surface area (Å²) in [6.45, 7) is 0.114. The number of sulfonamides is 1. The van der Waals surface area contributed by atoms with Gasteiger partial charge in [-0.15, -0.1) is 0 Å². The minimum atomic E-state index is -3.76. The van der Waals surface area contributed by atoms with E-state index in [0.29, 0.717) is 17.8 Å². The number of hydrogen-bond acceptors (Lipinski definition) is 6. The summed E-state index contributed by atoms with van der Waals surface area (Å²) in [5.74, 6) is 0.762. The molecule has 116 valence electrons. The Morgan fingerprint density at radius 1 is 1.32 bits per heavy atom. The number of nitrogens with zero attached hydrogens (tertiary/aromatic N) is 1. The highest BCUT2D eigenvalue weighted by atomic mass is 32.2. The van der Waals surface area contributed by atoms with E-state index in [9.17, 15) is 18.5 Å². The van der Waals surface area contributed by atoms with E-state index in [1.54, 1.807) is 0 Å². The topological polar surface area (TPSA) is 98.5 Å². The monoisotopic (exact) mass is 340 g/mol. The van der Waals surface area contributed by atoms with Gasteiger partial charge in [0, 0.05) is 19.0 Å². The fraction of sp³-hybridized carbons (Fsp3) is 0.231. The fourth-order valence-electron chi connectivity index (χ4n) is 2.19. The number of ether oxygens (including phenoxy) is 1. The van der Waals surface area contributed by atoms with Crippen molar-refractivity contribution in [2.24, 2.45) is 0 Å². The molecule has 0 amide bonds. The van der Waals surface area contributed by atoms with Crippen molar-refractivity contribution < 1.29 is 18.1 Å². The van der Waals surface area contributed by atoms with E-state index in [-0.39, 0.29) is 21.9 Å². The normalized spacial score (nSPS) is 17.0. The van der Waals surface area contributed by atoms with E-state index in [1.807, 2.05) is 24.3 Å². The zero-order valence-corrected chi connectivity index (χ0v) is 12.9. The van der Waals surface area contributed by atoms with Crippen molar-refractivity contribution >= 4 is 26.4 Å². The smallest absolute Gasteiger partial charge is 0.325 e. The molecule has 0 spiro atoms. The van der Waals surface area contributed by atoms with Crippen molar-refractivity contribution in [2.75, 3.05) is 6.54 Å². The summed E-state index contributed by atoms with van der Waals surface area (Å²) in [6.07, 6.45) is 0.352. The number of para-hydroxylation sites is 1.